The zero-order chi connectivity index (χ0) is 21.7. The molecule has 2 atom stereocenters. The third-order valence-corrected chi connectivity index (χ3v) is 6.50. The lowest BCUT2D eigenvalue weighted by atomic mass is 9.96. The highest BCUT2D eigenvalue weighted by Crippen LogP contribution is 2.30. The summed E-state index contributed by atoms with van der Waals surface area (Å²) in [5.74, 6) is 3.01. The van der Waals surface area contributed by atoms with E-state index in [1.165, 1.54) is 0 Å². The van der Waals surface area contributed by atoms with E-state index in [0.717, 1.165) is 48.0 Å². The molecule has 32 heavy (non-hydrogen) atoms. The number of anilines is 1. The van der Waals surface area contributed by atoms with Crippen LogP contribution in [0.25, 0.3) is 11.0 Å². The normalized spacial score (nSPS) is 23.3. The van der Waals surface area contributed by atoms with Gasteiger partial charge < -0.3 is 9.88 Å². The van der Waals surface area contributed by atoms with Crippen LogP contribution in [0.3, 0.4) is 0 Å². The number of carbonyl (C=O) groups excluding carboxylic acids is 1. The average molecular weight is 428 g/mol. The van der Waals surface area contributed by atoms with Gasteiger partial charge >= 0.3 is 6.03 Å². The Morgan fingerprint density at radius 3 is 2.72 bits per heavy atom. The molecule has 0 bridgehead atoms. The molecule has 2 N–H and O–H groups in total. The summed E-state index contributed by atoms with van der Waals surface area (Å²) < 4.78 is 0. The fraction of sp³-hybridized carbons (Fsp3) is 0.292. The van der Waals surface area contributed by atoms with Gasteiger partial charge in [0.2, 0.25) is 0 Å². The summed E-state index contributed by atoms with van der Waals surface area (Å²) in [6, 6.07) is 18.0. The molecule has 2 unspecified atom stereocenters. The topological polar surface area (TPSA) is 79.9 Å². The minimum absolute atomic E-state index is 0.109. The highest BCUT2D eigenvalue weighted by Gasteiger charge is 2.39. The molecule has 2 amide bonds. The fourth-order valence-electron chi connectivity index (χ4n) is 4.86. The standard InChI is InChI=1S/C24H25N7O/c1-16-11-29(13-21-25-19-9-5-6-10-20(19)26-21)12-18(16)23-27-22-14-30(15-31(22)24(32)28-23)17-7-3-2-4-8-17/h2-10,14,16,18H,11-13,15H2,1H3,(H,25,26)(H,27,28,32). The summed E-state index contributed by atoms with van der Waals surface area (Å²) in [4.78, 5) is 31.9. The van der Waals surface area contributed by atoms with Gasteiger partial charge in [-0.2, -0.15) is 0 Å². The summed E-state index contributed by atoms with van der Waals surface area (Å²) in [7, 11) is 0. The molecule has 1 aromatic heterocycles. The largest absolute Gasteiger partial charge is 0.341 e. The number of H-pyrrole nitrogens is 1. The van der Waals surface area contributed by atoms with Crippen molar-refractivity contribution < 1.29 is 4.79 Å². The van der Waals surface area contributed by atoms with Gasteiger partial charge in [-0.05, 0) is 30.2 Å². The molecule has 1 fully saturated rings. The van der Waals surface area contributed by atoms with E-state index in [9.17, 15) is 4.79 Å². The third-order valence-electron chi connectivity index (χ3n) is 6.50. The lowest BCUT2D eigenvalue weighted by Gasteiger charge is -2.28. The molecule has 3 aliphatic rings. The molecule has 0 radical (unpaired) electrons. The smallest absolute Gasteiger partial charge is 0.329 e. The van der Waals surface area contributed by atoms with Crippen LogP contribution in [0.15, 0.2) is 71.6 Å². The highest BCUT2D eigenvalue weighted by atomic mass is 16.2. The predicted molar refractivity (Wildman–Crippen MR) is 124 cm³/mol. The van der Waals surface area contributed by atoms with Gasteiger partial charge in [0.15, 0.2) is 5.82 Å². The Balaban J connectivity index is 1.20. The van der Waals surface area contributed by atoms with Crippen LogP contribution in [-0.4, -0.2) is 51.4 Å². The number of aromatic nitrogens is 2. The minimum Gasteiger partial charge on any atom is -0.341 e. The summed E-state index contributed by atoms with van der Waals surface area (Å²) >= 11 is 0. The quantitative estimate of drug-likeness (QED) is 0.669. The Hall–Kier alpha value is -3.65. The summed E-state index contributed by atoms with van der Waals surface area (Å²) in [6.07, 6.45) is 1.96. The molecule has 0 aliphatic carbocycles. The van der Waals surface area contributed by atoms with Gasteiger partial charge in [0.25, 0.3) is 0 Å². The van der Waals surface area contributed by atoms with E-state index in [1.54, 1.807) is 4.90 Å². The van der Waals surface area contributed by atoms with Gasteiger partial charge in [-0.1, -0.05) is 37.3 Å². The molecule has 3 aromatic rings. The molecular formula is C24H25N7O. The first kappa shape index (κ1) is 19.1. The maximum atomic E-state index is 12.8. The number of rotatable bonds is 4. The van der Waals surface area contributed by atoms with Gasteiger partial charge in [-0.25, -0.2) is 14.8 Å². The number of amidine groups is 1. The molecule has 0 spiro atoms. The predicted octanol–water partition coefficient (Wildman–Crippen LogP) is 3.33. The highest BCUT2D eigenvalue weighted by molar-refractivity contribution is 6.02. The number of benzene rings is 2. The van der Waals surface area contributed by atoms with Gasteiger partial charge in [0, 0.05) is 30.9 Å². The van der Waals surface area contributed by atoms with Crippen molar-refractivity contribution in [1.29, 1.82) is 0 Å². The number of hydrogen-bond donors (Lipinski definition) is 2. The van der Waals surface area contributed by atoms with E-state index in [4.69, 9.17) is 9.98 Å². The lowest BCUT2D eigenvalue weighted by Crippen LogP contribution is -2.49. The summed E-state index contributed by atoms with van der Waals surface area (Å²) in [5.41, 5.74) is 3.10. The number of aliphatic imine (C=N–C) groups is 1. The number of fused-ring (bicyclic) bond motifs is 2. The van der Waals surface area contributed by atoms with Crippen LogP contribution < -0.4 is 10.2 Å². The van der Waals surface area contributed by atoms with Crippen molar-refractivity contribution in [1.82, 2.24) is 25.1 Å². The molecule has 0 saturated carbocycles. The Morgan fingerprint density at radius 2 is 1.88 bits per heavy atom. The molecule has 6 rings (SSSR count). The van der Waals surface area contributed by atoms with Crippen LogP contribution in [0.4, 0.5) is 10.5 Å². The van der Waals surface area contributed by atoms with E-state index >= 15 is 0 Å². The molecule has 1 saturated heterocycles. The SMILES string of the molecule is CC1CN(Cc2nc3ccccc3[nH]2)CC1C1=NC2=CN(c3ccccc3)CN2C(=O)N1. The lowest BCUT2D eigenvalue weighted by molar-refractivity contribution is 0.216. The zero-order valence-electron chi connectivity index (χ0n) is 17.9. The number of imidazole rings is 1. The van der Waals surface area contributed by atoms with Crippen LogP contribution in [0.5, 0.6) is 0 Å². The number of hydrogen-bond acceptors (Lipinski definition) is 5. The maximum Gasteiger partial charge on any atom is 0.329 e. The summed E-state index contributed by atoms with van der Waals surface area (Å²) in [5, 5.41) is 3.06. The minimum atomic E-state index is -0.109. The zero-order valence-corrected chi connectivity index (χ0v) is 17.9. The fourth-order valence-corrected chi connectivity index (χ4v) is 4.86. The first-order chi connectivity index (χ1) is 15.6. The Morgan fingerprint density at radius 1 is 1.06 bits per heavy atom. The number of carbonyl (C=O) groups is 1. The second-order valence-corrected chi connectivity index (χ2v) is 8.77. The van der Waals surface area contributed by atoms with Crippen molar-refractivity contribution in [3.63, 3.8) is 0 Å². The molecule has 8 heteroatoms. The van der Waals surface area contributed by atoms with E-state index in [0.29, 0.717) is 18.4 Å². The number of amides is 2. The summed E-state index contributed by atoms with van der Waals surface area (Å²) in [6.45, 7) is 5.24. The van der Waals surface area contributed by atoms with Gasteiger partial charge in [0.05, 0.1) is 17.6 Å². The number of para-hydroxylation sites is 3. The van der Waals surface area contributed by atoms with Crippen LogP contribution in [0, 0.1) is 11.8 Å². The molecule has 162 valence electrons. The van der Waals surface area contributed by atoms with Gasteiger partial charge in [0.1, 0.15) is 18.3 Å². The third kappa shape index (κ3) is 3.33. The maximum absolute atomic E-state index is 12.8. The van der Waals surface area contributed by atoms with E-state index in [2.05, 4.69) is 22.1 Å². The number of nitrogens with zero attached hydrogens (tertiary/aromatic N) is 5. The monoisotopic (exact) mass is 427 g/mol. The van der Waals surface area contributed by atoms with Crippen molar-refractivity contribution in [2.24, 2.45) is 16.8 Å². The van der Waals surface area contributed by atoms with Crippen LogP contribution in [0.1, 0.15) is 12.7 Å². The second-order valence-electron chi connectivity index (χ2n) is 8.77. The molecule has 3 aliphatic heterocycles. The van der Waals surface area contributed by atoms with Crippen LogP contribution in [-0.2, 0) is 6.54 Å². The number of nitrogens with one attached hydrogen (secondary N) is 2. The van der Waals surface area contributed by atoms with E-state index < -0.39 is 0 Å². The first-order valence-corrected chi connectivity index (χ1v) is 11.0. The van der Waals surface area contributed by atoms with Gasteiger partial charge in [-0.15, -0.1) is 0 Å². The van der Waals surface area contributed by atoms with Crippen molar-refractivity contribution in [3.8, 4) is 0 Å². The van der Waals surface area contributed by atoms with Crippen LogP contribution in [0.2, 0.25) is 0 Å². The molecule has 8 nitrogen and oxygen atoms in total. The Kier molecular flexibility index (Phi) is 4.46. The number of urea groups is 1. The Bertz CT molecular complexity index is 1200. The average Bonchev–Trinajstić information content (AvgIpc) is 3.50. The second kappa shape index (κ2) is 7.49. The van der Waals surface area contributed by atoms with Crippen molar-refractivity contribution in [2.75, 3.05) is 24.7 Å². The van der Waals surface area contributed by atoms with Crippen molar-refractivity contribution >= 4 is 28.6 Å². The Labute approximate surface area is 186 Å². The molecular weight excluding hydrogens is 402 g/mol. The van der Waals surface area contributed by atoms with Crippen molar-refractivity contribution in [2.45, 2.75) is 13.5 Å². The van der Waals surface area contributed by atoms with Crippen LogP contribution >= 0.6 is 0 Å². The molecule has 4 heterocycles. The first-order valence-electron chi connectivity index (χ1n) is 11.0. The van der Waals surface area contributed by atoms with E-state index in [-0.39, 0.29) is 11.9 Å². The number of aromatic amines is 1. The number of likely N-dealkylation sites (tertiary alicyclic amines) is 1. The van der Waals surface area contributed by atoms with E-state index in [1.807, 2.05) is 65.7 Å². The van der Waals surface area contributed by atoms with Crippen molar-refractivity contribution in [3.05, 3.63) is 72.4 Å². The molecule has 2 aromatic carbocycles. The van der Waals surface area contributed by atoms with Gasteiger partial charge in [-0.3, -0.25) is 15.1 Å².